The van der Waals surface area contributed by atoms with Crippen molar-refractivity contribution in [3.63, 3.8) is 0 Å². The van der Waals surface area contributed by atoms with E-state index in [1.54, 1.807) is 0 Å². The molecular weight excluding hydrogens is 474 g/mol. The average molecular weight is 510 g/mol. The Morgan fingerprint density at radius 3 is 2.45 bits per heavy atom. The van der Waals surface area contributed by atoms with Crippen LogP contribution in [0.2, 0.25) is 0 Å². The van der Waals surface area contributed by atoms with Crippen LogP contribution in [0.1, 0.15) is 44.4 Å². The normalized spacial score (nSPS) is 21.8. The molecule has 0 unspecified atom stereocenters. The topological polar surface area (TPSA) is 92.0 Å². The molecule has 1 saturated heterocycles. The molecule has 0 amide bonds. The lowest BCUT2D eigenvalue weighted by Crippen LogP contribution is -2.55. The largest absolute Gasteiger partial charge is 0.421 e. The molecule has 3 atom stereocenters. The summed E-state index contributed by atoms with van der Waals surface area (Å²) < 4.78 is 5.58. The van der Waals surface area contributed by atoms with Crippen LogP contribution in [0, 0.1) is 6.92 Å². The number of nitrogens with one attached hydrogen (secondary N) is 2. The van der Waals surface area contributed by atoms with Crippen molar-refractivity contribution < 1.29 is 4.42 Å². The van der Waals surface area contributed by atoms with Crippen LogP contribution in [0.4, 0.5) is 11.6 Å². The maximum atomic E-state index is 5.58. The van der Waals surface area contributed by atoms with Crippen molar-refractivity contribution in [3.05, 3.63) is 72.8 Å². The quantitative estimate of drug-likeness (QED) is 0.338. The van der Waals surface area contributed by atoms with Crippen LogP contribution in [0.25, 0.3) is 22.7 Å². The maximum absolute atomic E-state index is 5.58. The van der Waals surface area contributed by atoms with Gasteiger partial charge in [0.1, 0.15) is 0 Å². The Kier molecular flexibility index (Phi) is 7.31. The summed E-state index contributed by atoms with van der Waals surface area (Å²) in [5, 5.41) is 15.8. The molecule has 3 heterocycles. The molecule has 0 spiro atoms. The van der Waals surface area contributed by atoms with Crippen LogP contribution < -0.4 is 15.5 Å². The lowest BCUT2D eigenvalue weighted by Gasteiger charge is -2.40. The second kappa shape index (κ2) is 11.3. The van der Waals surface area contributed by atoms with Gasteiger partial charge in [0.25, 0.3) is 0 Å². The molecule has 0 radical (unpaired) electrons. The van der Waals surface area contributed by atoms with E-state index in [2.05, 4.69) is 67.1 Å². The highest BCUT2D eigenvalue weighted by Crippen LogP contribution is 2.27. The van der Waals surface area contributed by atoms with Crippen molar-refractivity contribution in [2.45, 2.75) is 63.6 Å². The van der Waals surface area contributed by atoms with Crippen LogP contribution in [0.5, 0.6) is 0 Å². The van der Waals surface area contributed by atoms with Crippen molar-refractivity contribution in [1.82, 2.24) is 25.5 Å². The Labute approximate surface area is 223 Å². The monoisotopic (exact) mass is 509 g/mol. The van der Waals surface area contributed by atoms with E-state index >= 15 is 0 Å². The summed E-state index contributed by atoms with van der Waals surface area (Å²) in [6, 6.07) is 21.9. The fourth-order valence-electron chi connectivity index (χ4n) is 5.75. The van der Waals surface area contributed by atoms with Crippen molar-refractivity contribution in [1.29, 1.82) is 0 Å². The zero-order chi connectivity index (χ0) is 25.7. The third-order valence-corrected chi connectivity index (χ3v) is 7.68. The number of anilines is 2. The zero-order valence-electron chi connectivity index (χ0n) is 21.9. The molecular formula is C30H35N7O. The lowest BCUT2D eigenvalue weighted by atomic mass is 9.89. The highest BCUT2D eigenvalue weighted by molar-refractivity contribution is 5.60. The minimum atomic E-state index is 0.322. The number of benzene rings is 2. The molecule has 8 nitrogen and oxygen atoms in total. The molecule has 4 aromatic rings. The molecule has 2 aromatic carbocycles. The molecule has 6 rings (SSSR count). The van der Waals surface area contributed by atoms with E-state index in [0.717, 1.165) is 36.3 Å². The van der Waals surface area contributed by atoms with Gasteiger partial charge in [-0.1, -0.05) is 43.2 Å². The summed E-state index contributed by atoms with van der Waals surface area (Å²) in [6.45, 7) is 3.89. The van der Waals surface area contributed by atoms with Gasteiger partial charge in [0.05, 0.1) is 5.69 Å². The second-order valence-corrected chi connectivity index (χ2v) is 10.4. The number of hydrogen-bond donors (Lipinski definition) is 2. The Balaban J connectivity index is 1.10. The zero-order valence-corrected chi connectivity index (χ0v) is 21.9. The van der Waals surface area contributed by atoms with Crippen molar-refractivity contribution in [2.24, 2.45) is 0 Å². The van der Waals surface area contributed by atoms with Gasteiger partial charge in [-0.25, -0.2) is 9.97 Å². The Morgan fingerprint density at radius 1 is 0.842 bits per heavy atom. The molecule has 1 aliphatic heterocycles. The third kappa shape index (κ3) is 5.70. The number of nitrogens with zero attached hydrogens (tertiary/aromatic N) is 5. The summed E-state index contributed by atoms with van der Waals surface area (Å²) in [5.74, 6) is 1.87. The van der Waals surface area contributed by atoms with Gasteiger partial charge >= 0.3 is 0 Å². The predicted molar refractivity (Wildman–Crippen MR) is 150 cm³/mol. The molecule has 2 N–H and O–H groups in total. The van der Waals surface area contributed by atoms with E-state index in [9.17, 15) is 0 Å². The average Bonchev–Trinajstić information content (AvgIpc) is 3.41. The summed E-state index contributed by atoms with van der Waals surface area (Å²) in [7, 11) is 0. The summed E-state index contributed by atoms with van der Waals surface area (Å²) >= 11 is 0. The Hall–Kier alpha value is -3.78. The molecule has 38 heavy (non-hydrogen) atoms. The van der Waals surface area contributed by atoms with Crippen LogP contribution >= 0.6 is 0 Å². The fraction of sp³-hybridized carbons (Fsp3) is 0.400. The second-order valence-electron chi connectivity index (χ2n) is 10.4. The molecule has 0 bridgehead atoms. The van der Waals surface area contributed by atoms with E-state index in [1.807, 2.05) is 37.4 Å². The van der Waals surface area contributed by atoms with E-state index in [0.29, 0.717) is 35.9 Å². The predicted octanol–water partition coefficient (Wildman–Crippen LogP) is 5.48. The van der Waals surface area contributed by atoms with Crippen molar-refractivity contribution in [2.75, 3.05) is 23.3 Å². The summed E-state index contributed by atoms with van der Waals surface area (Å²) in [6.07, 6.45) is 9.01. The molecule has 1 aliphatic carbocycles. The van der Waals surface area contributed by atoms with Gasteiger partial charge in [-0.2, -0.15) is 0 Å². The first kappa shape index (κ1) is 24.6. The van der Waals surface area contributed by atoms with Gasteiger partial charge in [-0.15, -0.1) is 10.2 Å². The Morgan fingerprint density at radius 2 is 1.66 bits per heavy atom. The fourth-order valence-corrected chi connectivity index (χ4v) is 5.75. The van der Waals surface area contributed by atoms with E-state index in [-0.39, 0.29) is 0 Å². The number of aryl methyl sites for hydroxylation is 1. The maximum Gasteiger partial charge on any atom is 0.247 e. The first-order chi connectivity index (χ1) is 18.7. The molecule has 8 heteroatoms. The van der Waals surface area contributed by atoms with Gasteiger partial charge in [0.15, 0.2) is 0 Å². The number of piperidine rings is 1. The van der Waals surface area contributed by atoms with Crippen LogP contribution in [0.15, 0.2) is 71.3 Å². The molecule has 2 aromatic heterocycles. The van der Waals surface area contributed by atoms with Gasteiger partial charge < -0.3 is 20.0 Å². The Bertz CT molecular complexity index is 1320. The smallest absolute Gasteiger partial charge is 0.247 e. The minimum Gasteiger partial charge on any atom is -0.421 e. The van der Waals surface area contributed by atoms with Gasteiger partial charge in [0.2, 0.25) is 17.7 Å². The van der Waals surface area contributed by atoms with Crippen molar-refractivity contribution >= 4 is 11.6 Å². The van der Waals surface area contributed by atoms with Gasteiger partial charge in [0, 0.05) is 61.1 Å². The van der Waals surface area contributed by atoms with Gasteiger partial charge in [-0.05, 0) is 56.0 Å². The van der Waals surface area contributed by atoms with Crippen LogP contribution in [-0.4, -0.2) is 51.4 Å². The first-order valence-electron chi connectivity index (χ1n) is 13.8. The van der Waals surface area contributed by atoms with Crippen LogP contribution in [0.3, 0.4) is 0 Å². The number of aromatic nitrogens is 4. The SMILES string of the molecule is Cc1nnc(-c2ccc(N3CCC[C@H](N[C@@H]4CCCC[C@H]4Nc4nccc(-c5ccccc5)n4)C3)cc2)o1. The summed E-state index contributed by atoms with van der Waals surface area (Å²) in [4.78, 5) is 11.9. The molecule has 1 saturated carbocycles. The molecule has 2 fully saturated rings. The highest BCUT2D eigenvalue weighted by atomic mass is 16.4. The molecule has 196 valence electrons. The van der Waals surface area contributed by atoms with E-state index in [4.69, 9.17) is 9.40 Å². The van der Waals surface area contributed by atoms with E-state index < -0.39 is 0 Å². The van der Waals surface area contributed by atoms with Crippen LogP contribution in [-0.2, 0) is 0 Å². The van der Waals surface area contributed by atoms with Crippen molar-refractivity contribution in [3.8, 4) is 22.7 Å². The molecule has 2 aliphatic rings. The number of hydrogen-bond acceptors (Lipinski definition) is 8. The lowest BCUT2D eigenvalue weighted by molar-refractivity contribution is 0.293. The minimum absolute atomic E-state index is 0.322. The van der Waals surface area contributed by atoms with Gasteiger partial charge in [-0.3, -0.25) is 0 Å². The summed E-state index contributed by atoms with van der Waals surface area (Å²) in [5.41, 5.74) is 4.25. The number of rotatable bonds is 7. The van der Waals surface area contributed by atoms with E-state index in [1.165, 1.54) is 37.8 Å². The standard InChI is InChI=1S/C30H35N7O/c1-21-35-36-29(38-21)23-13-15-25(16-14-23)37-19-7-10-24(20-37)32-27-11-5-6-12-28(27)34-30-31-18-17-26(33-30)22-8-3-2-4-9-22/h2-4,8-9,13-18,24,27-28,32H,5-7,10-12,19-20H2,1H3,(H,31,33,34)/t24-,27+,28+/m0/s1. The highest BCUT2D eigenvalue weighted by Gasteiger charge is 2.30. The third-order valence-electron chi connectivity index (χ3n) is 7.68. The first-order valence-corrected chi connectivity index (χ1v) is 13.8.